The number of alkyl halides is 3. The van der Waals surface area contributed by atoms with E-state index in [1.165, 1.54) is 11.1 Å². The molecule has 1 aromatic heterocycles. The first-order valence-electron chi connectivity index (χ1n) is 5.54. The largest absolute Gasteiger partial charge is 0.401 e. The van der Waals surface area contributed by atoms with Gasteiger partial charge in [-0.05, 0) is 25.5 Å². The van der Waals surface area contributed by atoms with E-state index in [1.807, 2.05) is 0 Å². The van der Waals surface area contributed by atoms with Crippen molar-refractivity contribution >= 4 is 5.82 Å². The fourth-order valence-electron chi connectivity index (χ4n) is 1.49. The zero-order chi connectivity index (χ0) is 13.8. The van der Waals surface area contributed by atoms with E-state index in [1.54, 1.807) is 26.0 Å². The van der Waals surface area contributed by atoms with Crippen LogP contribution in [0.1, 0.15) is 19.4 Å². The van der Waals surface area contributed by atoms with Gasteiger partial charge in [-0.2, -0.15) is 13.2 Å². The highest BCUT2D eigenvalue weighted by Crippen LogP contribution is 2.19. The van der Waals surface area contributed by atoms with Crippen molar-refractivity contribution in [2.24, 2.45) is 5.84 Å². The minimum atomic E-state index is -4.20. The van der Waals surface area contributed by atoms with Crippen molar-refractivity contribution < 1.29 is 13.2 Å². The molecule has 0 unspecified atom stereocenters. The Bertz CT molecular complexity index is 362. The van der Waals surface area contributed by atoms with Crippen LogP contribution < -0.4 is 11.3 Å². The molecule has 0 atom stereocenters. The molecule has 1 aromatic rings. The van der Waals surface area contributed by atoms with Gasteiger partial charge < -0.3 is 5.43 Å². The maximum Gasteiger partial charge on any atom is 0.401 e. The molecule has 3 N–H and O–H groups in total. The van der Waals surface area contributed by atoms with Crippen LogP contribution in [0.4, 0.5) is 19.0 Å². The quantitative estimate of drug-likeness (QED) is 0.630. The summed E-state index contributed by atoms with van der Waals surface area (Å²) < 4.78 is 37.2. The summed E-state index contributed by atoms with van der Waals surface area (Å²) in [5, 5.41) is 0. The first-order chi connectivity index (χ1) is 8.31. The van der Waals surface area contributed by atoms with Gasteiger partial charge in [-0.1, -0.05) is 6.07 Å². The maximum atomic E-state index is 12.4. The first-order valence-corrected chi connectivity index (χ1v) is 5.54. The summed E-state index contributed by atoms with van der Waals surface area (Å²) in [6.07, 6.45) is -2.68. The van der Waals surface area contributed by atoms with E-state index < -0.39 is 12.7 Å². The molecule has 0 aliphatic carbocycles. The van der Waals surface area contributed by atoms with E-state index in [0.717, 1.165) is 0 Å². The van der Waals surface area contributed by atoms with Gasteiger partial charge in [0.25, 0.3) is 0 Å². The van der Waals surface area contributed by atoms with Crippen LogP contribution in [-0.4, -0.2) is 28.6 Å². The Kier molecular flexibility index (Phi) is 4.92. The first kappa shape index (κ1) is 14.7. The summed E-state index contributed by atoms with van der Waals surface area (Å²) in [4.78, 5) is 5.30. The monoisotopic (exact) mass is 262 g/mol. The third-order valence-electron chi connectivity index (χ3n) is 2.47. The van der Waals surface area contributed by atoms with Crippen molar-refractivity contribution in [3.8, 4) is 0 Å². The summed E-state index contributed by atoms with van der Waals surface area (Å²) in [6, 6.07) is 3.13. The van der Waals surface area contributed by atoms with Gasteiger partial charge in [0, 0.05) is 18.8 Å². The van der Waals surface area contributed by atoms with Gasteiger partial charge in [0.15, 0.2) is 0 Å². The van der Waals surface area contributed by atoms with Crippen LogP contribution in [0.5, 0.6) is 0 Å². The van der Waals surface area contributed by atoms with Crippen molar-refractivity contribution in [1.29, 1.82) is 0 Å². The van der Waals surface area contributed by atoms with Crippen LogP contribution >= 0.6 is 0 Å². The molecular formula is C11H17F3N4. The molecule has 0 fully saturated rings. The summed E-state index contributed by atoms with van der Waals surface area (Å²) in [7, 11) is 0. The molecule has 0 radical (unpaired) electrons. The predicted octanol–water partition coefficient (Wildman–Crippen LogP) is 2.14. The molecule has 0 aromatic carbocycles. The molecule has 102 valence electrons. The van der Waals surface area contributed by atoms with E-state index in [-0.39, 0.29) is 12.6 Å². The molecule has 0 saturated heterocycles. The number of hydrogen-bond acceptors (Lipinski definition) is 4. The minimum Gasteiger partial charge on any atom is -0.308 e. The zero-order valence-corrected chi connectivity index (χ0v) is 10.3. The van der Waals surface area contributed by atoms with E-state index in [9.17, 15) is 13.2 Å². The number of anilines is 1. The molecule has 1 rings (SSSR count). The van der Waals surface area contributed by atoms with Gasteiger partial charge in [0.1, 0.15) is 5.82 Å². The van der Waals surface area contributed by atoms with E-state index in [2.05, 4.69) is 10.4 Å². The van der Waals surface area contributed by atoms with E-state index in [4.69, 9.17) is 5.84 Å². The van der Waals surface area contributed by atoms with Gasteiger partial charge in [0.2, 0.25) is 0 Å². The number of nitrogen functional groups attached to an aromatic ring is 1. The molecule has 0 bridgehead atoms. The average Bonchev–Trinajstić information content (AvgIpc) is 2.27. The Morgan fingerprint density at radius 2 is 2.06 bits per heavy atom. The lowest BCUT2D eigenvalue weighted by molar-refractivity contribution is -0.150. The van der Waals surface area contributed by atoms with Crippen molar-refractivity contribution in [1.82, 2.24) is 9.88 Å². The maximum absolute atomic E-state index is 12.4. The number of nitrogens with zero attached hydrogens (tertiary/aromatic N) is 2. The summed E-state index contributed by atoms with van der Waals surface area (Å²) in [5.74, 6) is 5.64. The van der Waals surface area contributed by atoms with Gasteiger partial charge >= 0.3 is 6.18 Å². The van der Waals surface area contributed by atoms with Crippen LogP contribution in [0.3, 0.4) is 0 Å². The predicted molar refractivity (Wildman–Crippen MR) is 63.6 cm³/mol. The van der Waals surface area contributed by atoms with Crippen LogP contribution in [-0.2, 0) is 6.54 Å². The molecule has 0 aliphatic heterocycles. The topological polar surface area (TPSA) is 54.2 Å². The number of rotatable bonds is 5. The molecule has 0 aliphatic rings. The minimum absolute atomic E-state index is 0.195. The Balaban J connectivity index is 2.70. The van der Waals surface area contributed by atoms with Crippen LogP contribution in [0.15, 0.2) is 18.3 Å². The number of pyridine rings is 1. The molecule has 0 amide bonds. The normalized spacial score (nSPS) is 12.2. The molecule has 0 spiro atoms. The van der Waals surface area contributed by atoms with Gasteiger partial charge in [0.05, 0.1) is 6.54 Å². The van der Waals surface area contributed by atoms with Crippen molar-refractivity contribution in [3.63, 3.8) is 0 Å². The van der Waals surface area contributed by atoms with Gasteiger partial charge in [-0.25, -0.2) is 10.8 Å². The zero-order valence-electron chi connectivity index (χ0n) is 10.3. The fourth-order valence-corrected chi connectivity index (χ4v) is 1.49. The highest BCUT2D eigenvalue weighted by molar-refractivity contribution is 5.33. The highest BCUT2D eigenvalue weighted by atomic mass is 19.4. The van der Waals surface area contributed by atoms with Crippen LogP contribution in [0.2, 0.25) is 0 Å². The number of hydrogen-bond donors (Lipinski definition) is 2. The van der Waals surface area contributed by atoms with Gasteiger partial charge in [-0.3, -0.25) is 4.90 Å². The lowest BCUT2D eigenvalue weighted by atomic mass is 10.2. The second-order valence-electron chi connectivity index (χ2n) is 4.31. The standard InChI is InChI=1S/C11H17F3N4/c1-8(2)18(7-11(12,13)14)6-9-3-4-10(17-15)16-5-9/h3-5,8H,6-7,15H2,1-2H3,(H,16,17). The molecular weight excluding hydrogens is 245 g/mol. The second-order valence-corrected chi connectivity index (χ2v) is 4.31. The molecule has 7 heteroatoms. The summed E-state index contributed by atoms with van der Waals surface area (Å²) >= 11 is 0. The summed E-state index contributed by atoms with van der Waals surface area (Å²) in [5.41, 5.74) is 3.08. The molecule has 4 nitrogen and oxygen atoms in total. The number of hydrazine groups is 1. The lowest BCUT2D eigenvalue weighted by Crippen LogP contribution is -2.38. The highest BCUT2D eigenvalue weighted by Gasteiger charge is 2.31. The third kappa shape index (κ3) is 4.89. The van der Waals surface area contributed by atoms with Crippen molar-refractivity contribution in [2.75, 3.05) is 12.0 Å². The number of halogens is 3. The third-order valence-corrected chi connectivity index (χ3v) is 2.47. The Morgan fingerprint density at radius 3 is 2.44 bits per heavy atom. The number of nitrogens with one attached hydrogen (secondary N) is 1. The number of aromatic nitrogens is 1. The molecule has 1 heterocycles. The van der Waals surface area contributed by atoms with E-state index in [0.29, 0.717) is 11.4 Å². The molecule has 0 saturated carbocycles. The van der Waals surface area contributed by atoms with Crippen molar-refractivity contribution in [2.45, 2.75) is 32.6 Å². The second kappa shape index (κ2) is 6.01. The smallest absolute Gasteiger partial charge is 0.308 e. The van der Waals surface area contributed by atoms with Crippen molar-refractivity contribution in [3.05, 3.63) is 23.9 Å². The van der Waals surface area contributed by atoms with Crippen LogP contribution in [0.25, 0.3) is 0 Å². The average molecular weight is 262 g/mol. The summed E-state index contributed by atoms with van der Waals surface area (Å²) in [6.45, 7) is 2.74. The fraction of sp³-hybridized carbons (Fsp3) is 0.545. The Hall–Kier alpha value is -1.34. The SMILES string of the molecule is CC(C)N(Cc1ccc(NN)nc1)CC(F)(F)F. The Morgan fingerprint density at radius 1 is 1.39 bits per heavy atom. The molecule has 18 heavy (non-hydrogen) atoms. The van der Waals surface area contributed by atoms with Gasteiger partial charge in [-0.15, -0.1) is 0 Å². The Labute approximate surface area is 104 Å². The lowest BCUT2D eigenvalue weighted by Gasteiger charge is -2.27. The van der Waals surface area contributed by atoms with Crippen LogP contribution in [0, 0.1) is 0 Å². The number of nitrogens with two attached hydrogens (primary N) is 1. The van der Waals surface area contributed by atoms with E-state index >= 15 is 0 Å².